The molecule has 12 heterocycles. The number of carbonyl (C=O) groups is 6. The molecule has 4 saturated heterocycles. The third kappa shape index (κ3) is 25.3. The summed E-state index contributed by atoms with van der Waals surface area (Å²) >= 11 is 9.67. The molecule has 4 aliphatic heterocycles. The third-order valence-electron chi connectivity index (χ3n) is 16.7. The molecular weight excluding hydrogens is 1730 g/mol. The Bertz CT molecular complexity index is 4440. The van der Waals surface area contributed by atoms with Crippen LogP contribution in [0.1, 0.15) is 120 Å². The number of nitrogens with zero attached hydrogens (tertiary/aromatic N) is 16. The van der Waals surface area contributed by atoms with E-state index in [9.17, 15) is 44.1 Å². The maximum atomic E-state index is 11.6. The molecule has 19 atom stereocenters. The molecule has 14 N–H and O–H groups in total. The van der Waals surface area contributed by atoms with Crippen LogP contribution in [0.5, 0.6) is 0 Å². The number of nitrogens with one attached hydrogen (secondary N) is 6. The minimum absolute atomic E-state index is 0. The van der Waals surface area contributed by atoms with E-state index in [4.69, 9.17) is 60.5 Å². The van der Waals surface area contributed by atoms with E-state index in [0.717, 1.165) is 12.8 Å². The van der Waals surface area contributed by atoms with Gasteiger partial charge in [-0.3, -0.25) is 63.0 Å². The first-order chi connectivity index (χ1) is 51.5. The van der Waals surface area contributed by atoms with E-state index in [0.29, 0.717) is 71.0 Å². The first-order valence-corrected chi connectivity index (χ1v) is 39.8. The number of rotatable bonds is 19. The molecule has 8 aromatic rings. The Morgan fingerprint density at radius 1 is 0.465 bits per heavy atom. The van der Waals surface area contributed by atoms with Crippen LogP contribution in [-0.4, -0.2) is 235 Å². The van der Waals surface area contributed by atoms with Crippen molar-refractivity contribution < 1.29 is 131 Å². The summed E-state index contributed by atoms with van der Waals surface area (Å²) in [6.45, 7) is 23.6. The van der Waals surface area contributed by atoms with Crippen LogP contribution < -0.4 is 43.4 Å². The Balaban J connectivity index is 0.000000737. The fourth-order valence-electron chi connectivity index (χ4n) is 12.1. The van der Waals surface area contributed by atoms with E-state index in [1.165, 1.54) is 65.1 Å². The zero-order valence-electron chi connectivity index (χ0n) is 66.0. The largest absolute Gasteiger partial charge is 0.394 e. The van der Waals surface area contributed by atoms with Gasteiger partial charge in [0.25, 0.3) is 0 Å². The van der Waals surface area contributed by atoms with Crippen LogP contribution in [0.3, 0.4) is 0 Å². The van der Waals surface area contributed by atoms with Gasteiger partial charge in [-0.05, 0) is 47.2 Å². The van der Waals surface area contributed by atoms with Crippen molar-refractivity contribution in [1.29, 1.82) is 0 Å². The number of ether oxygens (including phenoxy) is 5. The Hall–Kier alpha value is -6.47. The number of aliphatic hydroxyl groups is 4. The van der Waals surface area contributed by atoms with E-state index in [-0.39, 0.29) is 215 Å². The average Bonchev–Trinajstić information content (AvgIpc) is 1.62. The number of aromatic nitrogens is 16. The van der Waals surface area contributed by atoms with Crippen molar-refractivity contribution in [3.63, 3.8) is 0 Å². The van der Waals surface area contributed by atoms with Gasteiger partial charge >= 0.3 is 0 Å². The number of fused-ring (bicyclic) bond motifs is 4. The van der Waals surface area contributed by atoms with Crippen LogP contribution in [0.15, 0.2) is 25.3 Å². The molecule has 646 valence electrons. The first kappa shape index (κ1) is 106. The van der Waals surface area contributed by atoms with Gasteiger partial charge in [-0.25, -0.2) is 19.9 Å². The molecular formula is C65H102Cl2N24Ni3O17P3-3. The number of halogens is 2. The molecule has 0 bridgehead atoms. The molecule has 6 amide bonds. The van der Waals surface area contributed by atoms with E-state index in [1.807, 2.05) is 45.3 Å². The number of aliphatic hydroxyl groups excluding tert-OH is 4. The molecule has 0 aliphatic carbocycles. The molecule has 4 aliphatic rings. The summed E-state index contributed by atoms with van der Waals surface area (Å²) in [4.78, 5) is 120. The number of methoxy groups -OCH3 is 1. The minimum Gasteiger partial charge on any atom is -0.394 e. The quantitative estimate of drug-likeness (QED) is 0.0184. The number of imidazole rings is 4. The topological polar surface area (TPSA) is 547 Å². The maximum absolute atomic E-state index is 11.6. The van der Waals surface area contributed by atoms with E-state index >= 15 is 0 Å². The van der Waals surface area contributed by atoms with Crippen molar-refractivity contribution >= 4 is 176 Å². The van der Waals surface area contributed by atoms with Gasteiger partial charge in [0.2, 0.25) is 59.2 Å². The van der Waals surface area contributed by atoms with E-state index in [2.05, 4.69) is 117 Å². The first-order valence-electron chi connectivity index (χ1n) is 33.7. The number of hydrogen-bond donors (Lipinski definition) is 12. The van der Waals surface area contributed by atoms with E-state index < -0.39 is 49.7 Å². The van der Waals surface area contributed by atoms with Gasteiger partial charge < -0.3 is 103 Å². The van der Waals surface area contributed by atoms with Crippen molar-refractivity contribution in [2.24, 2.45) is 11.8 Å². The number of hydrogen-bond acceptors (Lipinski definition) is 31. The molecule has 0 aromatic carbocycles. The SMILES string of the molecule is CC[C@H]1O[C@@H](n2cnc3c(NC(C)=O)nc(NC(C)=O)nc32)C(C)[C@H]1O.CC[C@H]1O[C@@H](n2cnc3c(NC(C)=O)nc(NC(C)=O)nc32)C(C)[C@H]1OPC.CC[C@H]1O[C@@H](n2cnc3c(NC(C)=O)nc(NC(C)=O)nc32)C(OC)[C@H]1OPC.CCl.CPCl.Nc1nc(N)c2ncn([C@@H]3O[C@H](CO)[C@H](O)C3O)c2n1.[CH3-].[CH3-].[CH3-].[Ni].[Ni].[Ni]. The molecule has 49 heteroatoms. The summed E-state index contributed by atoms with van der Waals surface area (Å²) in [5.41, 5.74) is 14.3. The van der Waals surface area contributed by atoms with Crippen molar-refractivity contribution in [2.45, 2.75) is 181 Å². The fraction of sp³-hybridized carbons (Fsp3) is 0.554. The average molecular weight is 1830 g/mol. The summed E-state index contributed by atoms with van der Waals surface area (Å²) in [5.74, 6) is -1.13. The number of alkyl halides is 1. The van der Waals surface area contributed by atoms with Gasteiger partial charge in [-0.1, -0.05) is 34.6 Å². The van der Waals surface area contributed by atoms with Gasteiger partial charge in [0.05, 0.1) is 62.4 Å². The molecule has 41 nitrogen and oxygen atoms in total. The monoisotopic (exact) mass is 1830 g/mol. The molecule has 0 radical (unpaired) electrons. The summed E-state index contributed by atoms with van der Waals surface area (Å²) < 4.78 is 48.0. The van der Waals surface area contributed by atoms with Crippen molar-refractivity contribution in [1.82, 2.24) is 78.1 Å². The Morgan fingerprint density at radius 3 is 1.14 bits per heavy atom. The standard InChI is InChI=1S/C17H25N6O5P.C17H25N6O4P.C16H22N6O4.C10H14N6O4.CH4ClP.CH3Cl.3CH3.3Ni/c1-6-10-12(28-29-5)13(26-4)16(27-10)23-7-18-11-14(19-8(2)24)21-17(20-9(3)25)22-15(11)23;1-6-11-13(27-28-5)8(2)16(26-11)23-7-18-12-14(19-9(3)24)21-17(20-10(4)25)22-15(12)23;1-5-10-12(25)7(2)15(26-10)22-6-17-11-13(18-8(3)23)20-16(19-9(4)24)21-14(11)22;11-7-4-8(15-10(12)14-7)16(2-13-4)9-6(19)5(18)3(1-17)20-9;1-3-2;1-2;;;;;;/h7,10,12-13,16,29H,6H2,1-5H3,(H2,19,20,21,22,24,25);7-8,11,13,16,28H,6H2,1-5H3,(H2,19,20,21,22,24,25);6-7,10,12,15,25H,5H2,1-4H3,(H2,18,19,20,21,23,24);2-3,5-6,9,17-19H,1H2,(H4,11,12,14,15);3H,1H3;1H3;3*1H3;;;/q;;;;;;3*-1;;;/t10-,12+,13?,16-;8?,11-,13-,16-;7?,10-,12-,15-;3-,5+,6?,9-;;;;;;;;/m1111......../s1. The minimum atomic E-state index is -1.23. The number of nitrogen functional groups attached to an aromatic ring is 2. The Labute approximate surface area is 704 Å². The maximum Gasteiger partial charge on any atom is 0.233 e. The number of nitrogens with two attached hydrogens (primary N) is 2. The predicted molar refractivity (Wildman–Crippen MR) is 426 cm³/mol. The number of carbonyl (C=O) groups excluding carboxylic acids is 6. The zero-order valence-corrected chi connectivity index (χ0v) is 73.5. The Morgan fingerprint density at radius 2 is 0.789 bits per heavy atom. The van der Waals surface area contributed by atoms with Crippen molar-refractivity contribution in [3.05, 3.63) is 47.6 Å². The smallest absolute Gasteiger partial charge is 0.233 e. The predicted octanol–water partition coefficient (Wildman–Crippen LogP) is 6.27. The van der Waals surface area contributed by atoms with Crippen LogP contribution in [0.25, 0.3) is 44.7 Å². The summed E-state index contributed by atoms with van der Waals surface area (Å²) in [6.07, 6.45) is 2.48. The normalized spacial score (nSPS) is 23.7. The zero-order chi connectivity index (χ0) is 79.7. The molecule has 0 spiro atoms. The van der Waals surface area contributed by atoms with Crippen LogP contribution in [-0.2, 0) is 111 Å². The van der Waals surface area contributed by atoms with Gasteiger partial charge in [0.15, 0.2) is 74.9 Å². The third-order valence-corrected chi connectivity index (χ3v) is 17.7. The second-order valence-electron chi connectivity index (χ2n) is 24.4. The Kier molecular flexibility index (Phi) is 45.4. The molecule has 4 fully saturated rings. The van der Waals surface area contributed by atoms with Crippen LogP contribution >= 0.6 is 48.4 Å². The van der Waals surface area contributed by atoms with E-state index in [1.54, 1.807) is 28.9 Å². The van der Waals surface area contributed by atoms with Crippen LogP contribution in [0.2, 0.25) is 0 Å². The summed E-state index contributed by atoms with van der Waals surface area (Å²) in [7, 11) is 2.82. The number of amides is 6. The molecule has 7 unspecified atom stereocenters. The number of anilines is 8. The van der Waals surface area contributed by atoms with Gasteiger partial charge in [0, 0.05) is 134 Å². The molecule has 114 heavy (non-hydrogen) atoms. The van der Waals surface area contributed by atoms with Crippen LogP contribution in [0, 0.1) is 34.1 Å². The summed E-state index contributed by atoms with van der Waals surface area (Å²) in [6, 6.07) is 0. The fourth-order valence-corrected chi connectivity index (χ4v) is 13.3. The molecule has 12 rings (SSSR count). The van der Waals surface area contributed by atoms with Gasteiger partial charge in [-0.2, -0.15) is 39.9 Å². The summed E-state index contributed by atoms with van der Waals surface area (Å²) in [5, 5.41) is 54.7. The second kappa shape index (κ2) is 49.0. The van der Waals surface area contributed by atoms with Gasteiger partial charge in [0.1, 0.15) is 48.5 Å². The van der Waals surface area contributed by atoms with Crippen LogP contribution in [0.4, 0.5) is 47.1 Å². The second-order valence-corrected chi connectivity index (χ2v) is 27.2. The molecule has 0 saturated carbocycles. The van der Waals surface area contributed by atoms with Crippen molar-refractivity contribution in [3.8, 4) is 0 Å². The molecule has 8 aromatic heterocycles. The van der Waals surface area contributed by atoms with Crippen molar-refractivity contribution in [2.75, 3.05) is 83.5 Å². The van der Waals surface area contributed by atoms with Gasteiger partial charge in [-0.15, -0.1) is 22.8 Å².